The Balaban J connectivity index is 1.89. The molecule has 0 aromatic heterocycles. The summed E-state index contributed by atoms with van der Waals surface area (Å²) in [6, 6.07) is -0.0612. The van der Waals surface area contributed by atoms with Crippen LogP contribution in [0.4, 0.5) is 4.79 Å². The van der Waals surface area contributed by atoms with Crippen LogP contribution in [0.25, 0.3) is 0 Å². The van der Waals surface area contributed by atoms with Crippen LogP contribution >= 0.6 is 0 Å². The molecule has 2 amide bonds. The van der Waals surface area contributed by atoms with E-state index in [1.807, 2.05) is 6.92 Å². The van der Waals surface area contributed by atoms with E-state index in [-0.39, 0.29) is 6.03 Å². The van der Waals surface area contributed by atoms with Crippen molar-refractivity contribution in [3.05, 3.63) is 0 Å². The summed E-state index contributed by atoms with van der Waals surface area (Å²) in [6.45, 7) is 8.27. The van der Waals surface area contributed by atoms with Crippen molar-refractivity contribution in [1.82, 2.24) is 15.5 Å². The van der Waals surface area contributed by atoms with Crippen LogP contribution in [0.3, 0.4) is 0 Å². The van der Waals surface area contributed by atoms with E-state index in [0.29, 0.717) is 6.54 Å². The summed E-state index contributed by atoms with van der Waals surface area (Å²) in [5.41, 5.74) is 0. The number of unbranched alkanes of at least 4 members (excludes halogenated alkanes) is 1. The zero-order chi connectivity index (χ0) is 11.6. The highest BCUT2D eigenvalue weighted by atomic mass is 16.5. The third-order valence-corrected chi connectivity index (χ3v) is 2.63. The number of urea groups is 1. The molecule has 5 heteroatoms. The molecule has 0 aromatic carbocycles. The van der Waals surface area contributed by atoms with Gasteiger partial charge in [0.05, 0.1) is 13.2 Å². The first-order valence-corrected chi connectivity index (χ1v) is 6.14. The second-order valence-corrected chi connectivity index (χ2v) is 3.95. The summed E-state index contributed by atoms with van der Waals surface area (Å²) in [5.74, 6) is 0. The van der Waals surface area contributed by atoms with E-state index in [1.54, 1.807) is 0 Å². The summed E-state index contributed by atoms with van der Waals surface area (Å²) in [4.78, 5) is 13.5. The summed E-state index contributed by atoms with van der Waals surface area (Å²) < 4.78 is 5.28. The van der Waals surface area contributed by atoms with E-state index >= 15 is 0 Å². The number of amides is 2. The van der Waals surface area contributed by atoms with Crippen molar-refractivity contribution in [2.75, 3.05) is 45.9 Å². The molecule has 0 bridgehead atoms. The number of hydrogen-bond donors (Lipinski definition) is 2. The molecule has 0 atom stereocenters. The van der Waals surface area contributed by atoms with E-state index < -0.39 is 0 Å². The second-order valence-electron chi connectivity index (χ2n) is 3.95. The van der Waals surface area contributed by atoms with Crippen LogP contribution in [-0.2, 0) is 4.74 Å². The number of morpholine rings is 1. The molecular weight excluding hydrogens is 206 g/mol. The van der Waals surface area contributed by atoms with Gasteiger partial charge in [0.1, 0.15) is 0 Å². The number of nitrogens with zero attached hydrogens (tertiary/aromatic N) is 1. The number of hydrogen-bond acceptors (Lipinski definition) is 3. The molecule has 0 aromatic rings. The van der Waals surface area contributed by atoms with Crippen LogP contribution in [0.15, 0.2) is 0 Å². The lowest BCUT2D eigenvalue weighted by Gasteiger charge is -2.26. The minimum atomic E-state index is -0.0612. The second kappa shape index (κ2) is 8.35. The molecule has 0 radical (unpaired) electrons. The lowest BCUT2D eigenvalue weighted by Crippen LogP contribution is -2.38. The van der Waals surface area contributed by atoms with Crippen molar-refractivity contribution < 1.29 is 9.53 Å². The molecule has 0 unspecified atom stereocenters. The van der Waals surface area contributed by atoms with Gasteiger partial charge in [0.15, 0.2) is 0 Å². The molecule has 1 heterocycles. The lowest BCUT2D eigenvalue weighted by molar-refractivity contribution is 0.0372. The summed E-state index contributed by atoms with van der Waals surface area (Å²) in [6.07, 6.45) is 2.17. The van der Waals surface area contributed by atoms with E-state index in [1.165, 1.54) is 0 Å². The van der Waals surface area contributed by atoms with Crippen molar-refractivity contribution >= 4 is 6.03 Å². The third-order valence-electron chi connectivity index (χ3n) is 2.63. The van der Waals surface area contributed by atoms with Gasteiger partial charge in [0.25, 0.3) is 0 Å². The fourth-order valence-corrected chi connectivity index (χ4v) is 1.71. The van der Waals surface area contributed by atoms with Crippen LogP contribution < -0.4 is 10.6 Å². The topological polar surface area (TPSA) is 53.6 Å². The van der Waals surface area contributed by atoms with Gasteiger partial charge in [-0.25, -0.2) is 4.79 Å². The Bertz CT molecular complexity index is 194. The van der Waals surface area contributed by atoms with E-state index in [0.717, 1.165) is 52.2 Å². The van der Waals surface area contributed by atoms with Crippen LogP contribution in [0.5, 0.6) is 0 Å². The van der Waals surface area contributed by atoms with Crippen LogP contribution in [-0.4, -0.2) is 56.9 Å². The Labute approximate surface area is 97.5 Å². The molecule has 1 aliphatic rings. The maximum absolute atomic E-state index is 11.1. The number of carbonyl (C=O) groups is 1. The first-order valence-electron chi connectivity index (χ1n) is 6.14. The third kappa shape index (κ3) is 5.92. The number of rotatable bonds is 6. The Morgan fingerprint density at radius 3 is 2.69 bits per heavy atom. The van der Waals surface area contributed by atoms with Crippen molar-refractivity contribution in [2.45, 2.75) is 19.8 Å². The summed E-state index contributed by atoms with van der Waals surface area (Å²) in [5, 5.41) is 5.54. The molecule has 1 saturated heterocycles. The molecule has 94 valence electrons. The predicted octanol–water partition coefficient (Wildman–Crippen LogP) is 0.418. The van der Waals surface area contributed by atoms with Gasteiger partial charge in [-0.1, -0.05) is 0 Å². The normalized spacial score (nSPS) is 17.1. The van der Waals surface area contributed by atoms with Crippen LogP contribution in [0, 0.1) is 0 Å². The highest BCUT2D eigenvalue weighted by Gasteiger charge is 2.08. The maximum Gasteiger partial charge on any atom is 0.314 e. The van der Waals surface area contributed by atoms with Crippen molar-refractivity contribution in [3.63, 3.8) is 0 Å². The Kier molecular flexibility index (Phi) is 6.92. The van der Waals surface area contributed by atoms with Gasteiger partial charge in [-0.3, -0.25) is 4.90 Å². The first kappa shape index (κ1) is 13.3. The van der Waals surface area contributed by atoms with Gasteiger partial charge < -0.3 is 15.4 Å². The number of ether oxygens (including phenoxy) is 1. The fraction of sp³-hybridized carbons (Fsp3) is 0.909. The van der Waals surface area contributed by atoms with Gasteiger partial charge in [0.2, 0.25) is 0 Å². The molecule has 2 N–H and O–H groups in total. The standard InChI is InChI=1S/C11H23N3O2/c1-2-12-11(15)13-5-3-4-6-14-7-9-16-10-8-14/h2-10H2,1H3,(H2,12,13,15). The summed E-state index contributed by atoms with van der Waals surface area (Å²) in [7, 11) is 0. The molecule has 0 aliphatic carbocycles. The largest absolute Gasteiger partial charge is 0.379 e. The van der Waals surface area contributed by atoms with Gasteiger partial charge >= 0.3 is 6.03 Å². The van der Waals surface area contributed by atoms with Gasteiger partial charge in [0, 0.05) is 26.2 Å². The Hall–Kier alpha value is -0.810. The van der Waals surface area contributed by atoms with E-state index in [2.05, 4.69) is 15.5 Å². The monoisotopic (exact) mass is 229 g/mol. The van der Waals surface area contributed by atoms with Crippen LogP contribution in [0.1, 0.15) is 19.8 Å². The molecule has 1 fully saturated rings. The molecule has 5 nitrogen and oxygen atoms in total. The van der Waals surface area contributed by atoms with Gasteiger partial charge in [-0.2, -0.15) is 0 Å². The summed E-state index contributed by atoms with van der Waals surface area (Å²) >= 11 is 0. The van der Waals surface area contributed by atoms with Gasteiger partial charge in [-0.15, -0.1) is 0 Å². The Morgan fingerprint density at radius 1 is 1.25 bits per heavy atom. The molecule has 0 spiro atoms. The minimum absolute atomic E-state index is 0.0612. The molecule has 1 rings (SSSR count). The smallest absolute Gasteiger partial charge is 0.314 e. The van der Waals surface area contributed by atoms with Crippen LogP contribution in [0.2, 0.25) is 0 Å². The predicted molar refractivity (Wildman–Crippen MR) is 63.6 cm³/mol. The molecular formula is C11H23N3O2. The molecule has 1 aliphatic heterocycles. The minimum Gasteiger partial charge on any atom is -0.379 e. The SMILES string of the molecule is CCNC(=O)NCCCCN1CCOCC1. The first-order chi connectivity index (χ1) is 7.83. The number of nitrogens with one attached hydrogen (secondary N) is 2. The van der Waals surface area contributed by atoms with Crippen molar-refractivity contribution in [3.8, 4) is 0 Å². The quantitative estimate of drug-likeness (QED) is 0.649. The average molecular weight is 229 g/mol. The fourth-order valence-electron chi connectivity index (χ4n) is 1.71. The van der Waals surface area contributed by atoms with E-state index in [4.69, 9.17) is 4.74 Å². The number of carbonyl (C=O) groups excluding carboxylic acids is 1. The van der Waals surface area contributed by atoms with E-state index in [9.17, 15) is 4.79 Å². The molecule has 16 heavy (non-hydrogen) atoms. The maximum atomic E-state index is 11.1. The zero-order valence-corrected chi connectivity index (χ0v) is 10.1. The average Bonchev–Trinajstić information content (AvgIpc) is 2.30. The Morgan fingerprint density at radius 2 is 2.00 bits per heavy atom. The lowest BCUT2D eigenvalue weighted by atomic mass is 10.3. The van der Waals surface area contributed by atoms with Crippen molar-refractivity contribution in [2.24, 2.45) is 0 Å². The van der Waals surface area contributed by atoms with Gasteiger partial charge in [-0.05, 0) is 26.3 Å². The van der Waals surface area contributed by atoms with Crippen molar-refractivity contribution in [1.29, 1.82) is 0 Å². The zero-order valence-electron chi connectivity index (χ0n) is 10.1. The highest BCUT2D eigenvalue weighted by molar-refractivity contribution is 5.73. The molecule has 0 saturated carbocycles. The highest BCUT2D eigenvalue weighted by Crippen LogP contribution is 1.99.